The number of hydrogen-bond acceptors (Lipinski definition) is 3. The molecule has 4 N–H and O–H groups in total. The summed E-state index contributed by atoms with van der Waals surface area (Å²) in [6, 6.07) is 5.73. The number of nitrogen functional groups attached to an aromatic ring is 1. The number of nitrogens with one attached hydrogen (secondary N) is 2. The average molecular weight is 300 g/mol. The number of amides is 1. The molecule has 94 valence electrons. The maximum Gasteiger partial charge on any atom is 0.221 e. The molecule has 1 rings (SSSR count). The molecule has 0 aliphatic rings. The molecule has 0 bridgehead atoms. The van der Waals surface area contributed by atoms with Gasteiger partial charge in [0.2, 0.25) is 5.91 Å². The monoisotopic (exact) mass is 299 g/mol. The Labute approximate surface area is 110 Å². The summed E-state index contributed by atoms with van der Waals surface area (Å²) < 4.78 is 0.904. The van der Waals surface area contributed by atoms with Crippen molar-refractivity contribution in [2.75, 3.05) is 17.6 Å². The molecule has 0 saturated carbocycles. The third-order valence-electron chi connectivity index (χ3n) is 2.11. The number of hydrogen-bond donors (Lipinski definition) is 3. The van der Waals surface area contributed by atoms with Crippen LogP contribution in [0.4, 0.5) is 11.4 Å². The molecule has 5 heteroatoms. The molecule has 0 radical (unpaired) electrons. The highest BCUT2D eigenvalue weighted by Gasteiger charge is 2.04. The number of rotatable bonds is 5. The van der Waals surface area contributed by atoms with Crippen LogP contribution in [0.2, 0.25) is 0 Å². The molecule has 0 unspecified atom stereocenters. The van der Waals surface area contributed by atoms with Gasteiger partial charge in [-0.25, -0.2) is 0 Å². The van der Waals surface area contributed by atoms with Gasteiger partial charge in [-0.2, -0.15) is 0 Å². The summed E-state index contributed by atoms with van der Waals surface area (Å²) in [7, 11) is 0. The first-order valence-corrected chi connectivity index (χ1v) is 6.36. The van der Waals surface area contributed by atoms with Gasteiger partial charge in [-0.05, 0) is 48.0 Å². The van der Waals surface area contributed by atoms with Crippen LogP contribution in [0.3, 0.4) is 0 Å². The van der Waals surface area contributed by atoms with Crippen LogP contribution in [-0.4, -0.2) is 18.5 Å². The van der Waals surface area contributed by atoms with Gasteiger partial charge in [0, 0.05) is 34.9 Å². The number of halogens is 1. The molecule has 0 atom stereocenters. The number of anilines is 2. The SMILES string of the molecule is CC(C)NC(=O)CCNc1ccc(N)cc1Br. The fraction of sp³-hybridized carbons (Fsp3) is 0.417. The van der Waals surface area contributed by atoms with E-state index in [-0.39, 0.29) is 11.9 Å². The van der Waals surface area contributed by atoms with Crippen LogP contribution in [0.5, 0.6) is 0 Å². The lowest BCUT2D eigenvalue weighted by Gasteiger charge is -2.11. The van der Waals surface area contributed by atoms with Crippen LogP contribution < -0.4 is 16.4 Å². The molecule has 0 heterocycles. The molecule has 1 aromatic rings. The molecule has 1 amide bonds. The highest BCUT2D eigenvalue weighted by atomic mass is 79.9. The Morgan fingerprint density at radius 2 is 2.18 bits per heavy atom. The fourth-order valence-corrected chi connectivity index (χ4v) is 1.92. The van der Waals surface area contributed by atoms with Crippen molar-refractivity contribution < 1.29 is 4.79 Å². The van der Waals surface area contributed by atoms with Gasteiger partial charge >= 0.3 is 0 Å². The summed E-state index contributed by atoms with van der Waals surface area (Å²) in [4.78, 5) is 11.4. The van der Waals surface area contributed by atoms with Gasteiger partial charge in [0.1, 0.15) is 0 Å². The molecule has 4 nitrogen and oxygen atoms in total. The zero-order valence-electron chi connectivity index (χ0n) is 10.1. The van der Waals surface area contributed by atoms with Crippen LogP contribution in [0.25, 0.3) is 0 Å². The minimum atomic E-state index is 0.0547. The van der Waals surface area contributed by atoms with Crippen molar-refractivity contribution in [1.82, 2.24) is 5.32 Å². The first kappa shape index (κ1) is 13.8. The largest absolute Gasteiger partial charge is 0.399 e. The van der Waals surface area contributed by atoms with E-state index in [1.165, 1.54) is 0 Å². The minimum Gasteiger partial charge on any atom is -0.399 e. The Balaban J connectivity index is 2.38. The van der Waals surface area contributed by atoms with E-state index in [0.717, 1.165) is 10.2 Å². The normalized spacial score (nSPS) is 10.4. The van der Waals surface area contributed by atoms with Gasteiger partial charge in [-0.3, -0.25) is 4.79 Å². The number of benzene rings is 1. The standard InChI is InChI=1S/C12H18BrN3O/c1-8(2)16-12(17)5-6-15-11-4-3-9(14)7-10(11)13/h3-4,7-8,15H,5-6,14H2,1-2H3,(H,16,17). The van der Waals surface area contributed by atoms with E-state index in [2.05, 4.69) is 26.6 Å². The van der Waals surface area contributed by atoms with E-state index in [4.69, 9.17) is 5.73 Å². The van der Waals surface area contributed by atoms with E-state index < -0.39 is 0 Å². The second-order valence-corrected chi connectivity index (χ2v) is 4.99. The first-order chi connectivity index (χ1) is 7.99. The topological polar surface area (TPSA) is 67.2 Å². The van der Waals surface area contributed by atoms with Crippen LogP contribution in [0.1, 0.15) is 20.3 Å². The fourth-order valence-electron chi connectivity index (χ4n) is 1.38. The van der Waals surface area contributed by atoms with Gasteiger partial charge in [-0.15, -0.1) is 0 Å². The number of carbonyl (C=O) groups excluding carboxylic acids is 1. The summed E-state index contributed by atoms with van der Waals surface area (Å²) in [5.74, 6) is 0.0547. The molecule has 1 aromatic carbocycles. The summed E-state index contributed by atoms with van der Waals surface area (Å²) in [6.45, 7) is 4.49. The van der Waals surface area contributed by atoms with Crippen molar-refractivity contribution in [3.63, 3.8) is 0 Å². The van der Waals surface area contributed by atoms with Crippen molar-refractivity contribution >= 4 is 33.2 Å². The van der Waals surface area contributed by atoms with E-state index in [0.29, 0.717) is 18.7 Å². The Kier molecular flexibility index (Phi) is 5.28. The molecule has 0 fully saturated rings. The van der Waals surface area contributed by atoms with Gasteiger partial charge < -0.3 is 16.4 Å². The maximum atomic E-state index is 11.4. The first-order valence-electron chi connectivity index (χ1n) is 5.57. The van der Waals surface area contributed by atoms with Crippen molar-refractivity contribution in [3.05, 3.63) is 22.7 Å². The van der Waals surface area contributed by atoms with Gasteiger partial charge in [0.15, 0.2) is 0 Å². The summed E-state index contributed by atoms with van der Waals surface area (Å²) in [5, 5.41) is 6.02. The zero-order chi connectivity index (χ0) is 12.8. The van der Waals surface area contributed by atoms with Crippen LogP contribution in [0, 0.1) is 0 Å². The Hall–Kier alpha value is -1.23. The lowest BCUT2D eigenvalue weighted by Crippen LogP contribution is -2.31. The van der Waals surface area contributed by atoms with Crippen molar-refractivity contribution in [2.24, 2.45) is 0 Å². The Morgan fingerprint density at radius 1 is 1.47 bits per heavy atom. The zero-order valence-corrected chi connectivity index (χ0v) is 11.7. The molecule has 17 heavy (non-hydrogen) atoms. The van der Waals surface area contributed by atoms with E-state index in [1.807, 2.05) is 32.0 Å². The number of nitrogens with two attached hydrogens (primary N) is 1. The third-order valence-corrected chi connectivity index (χ3v) is 2.77. The summed E-state index contributed by atoms with van der Waals surface area (Å²) >= 11 is 3.41. The number of carbonyl (C=O) groups is 1. The average Bonchev–Trinajstić information content (AvgIpc) is 2.20. The Bertz CT molecular complexity index is 393. The third kappa shape index (κ3) is 5.08. The van der Waals surface area contributed by atoms with Crippen LogP contribution in [0.15, 0.2) is 22.7 Å². The molecule has 0 aromatic heterocycles. The van der Waals surface area contributed by atoms with Crippen molar-refractivity contribution in [1.29, 1.82) is 0 Å². The highest BCUT2D eigenvalue weighted by molar-refractivity contribution is 9.10. The highest BCUT2D eigenvalue weighted by Crippen LogP contribution is 2.24. The van der Waals surface area contributed by atoms with Gasteiger partial charge in [0.25, 0.3) is 0 Å². The molecule has 0 spiro atoms. The minimum absolute atomic E-state index is 0.0547. The van der Waals surface area contributed by atoms with Gasteiger partial charge in [-0.1, -0.05) is 0 Å². The molecular formula is C12H18BrN3O. The van der Waals surface area contributed by atoms with E-state index >= 15 is 0 Å². The molecular weight excluding hydrogens is 282 g/mol. The van der Waals surface area contributed by atoms with E-state index in [9.17, 15) is 4.79 Å². The predicted molar refractivity (Wildman–Crippen MR) is 74.9 cm³/mol. The van der Waals surface area contributed by atoms with E-state index in [1.54, 1.807) is 0 Å². The smallest absolute Gasteiger partial charge is 0.221 e. The van der Waals surface area contributed by atoms with Crippen molar-refractivity contribution in [2.45, 2.75) is 26.3 Å². The Morgan fingerprint density at radius 3 is 2.76 bits per heavy atom. The quantitative estimate of drug-likeness (QED) is 0.731. The second kappa shape index (κ2) is 6.49. The van der Waals surface area contributed by atoms with Gasteiger partial charge in [0.05, 0.1) is 0 Å². The second-order valence-electron chi connectivity index (χ2n) is 4.14. The summed E-state index contributed by atoms with van der Waals surface area (Å²) in [5.41, 5.74) is 7.29. The molecule has 0 aliphatic heterocycles. The molecule has 0 aliphatic carbocycles. The molecule has 0 saturated heterocycles. The van der Waals surface area contributed by atoms with Crippen LogP contribution >= 0.6 is 15.9 Å². The summed E-state index contributed by atoms with van der Waals surface area (Å²) in [6.07, 6.45) is 0.453. The van der Waals surface area contributed by atoms with Crippen molar-refractivity contribution in [3.8, 4) is 0 Å². The lowest BCUT2D eigenvalue weighted by atomic mass is 10.2. The lowest BCUT2D eigenvalue weighted by molar-refractivity contribution is -0.121. The maximum absolute atomic E-state index is 11.4. The van der Waals surface area contributed by atoms with Crippen LogP contribution in [-0.2, 0) is 4.79 Å². The predicted octanol–water partition coefficient (Wildman–Crippen LogP) is 2.36.